The van der Waals surface area contributed by atoms with E-state index in [2.05, 4.69) is 19.9 Å². The molecule has 0 bridgehead atoms. The van der Waals surface area contributed by atoms with Crippen molar-refractivity contribution in [3.8, 4) is 23.3 Å². The Morgan fingerprint density at radius 3 is 2.37 bits per heavy atom. The van der Waals surface area contributed by atoms with Crippen LogP contribution in [0.1, 0.15) is 42.4 Å². The second-order valence-corrected chi connectivity index (χ2v) is 9.06. The predicted octanol–water partition coefficient (Wildman–Crippen LogP) is 6.32. The number of allylic oxidation sites excluding steroid dienone is 1. The van der Waals surface area contributed by atoms with Crippen LogP contribution in [-0.4, -0.2) is 12.6 Å². The third kappa shape index (κ3) is 5.22. The summed E-state index contributed by atoms with van der Waals surface area (Å²) in [6.07, 6.45) is 0. The van der Waals surface area contributed by atoms with E-state index in [1.165, 1.54) is 11.6 Å². The van der Waals surface area contributed by atoms with Crippen LogP contribution in [0.25, 0.3) is 0 Å². The van der Waals surface area contributed by atoms with Crippen LogP contribution in [0, 0.1) is 11.3 Å². The maximum absolute atomic E-state index is 12.4. The molecule has 1 heterocycles. The minimum absolute atomic E-state index is 0.0716. The van der Waals surface area contributed by atoms with E-state index in [0.29, 0.717) is 38.6 Å². The van der Waals surface area contributed by atoms with Crippen LogP contribution in [0.3, 0.4) is 0 Å². The van der Waals surface area contributed by atoms with Crippen LogP contribution >= 0.6 is 23.2 Å². The van der Waals surface area contributed by atoms with Gasteiger partial charge in [0.15, 0.2) is 6.61 Å². The molecular weight excluding hydrogens is 487 g/mol. The number of ether oxygens (including phenoxy) is 3. The van der Waals surface area contributed by atoms with E-state index in [1.54, 1.807) is 30.3 Å². The largest absolute Gasteiger partial charge is 0.482 e. The number of nitriles is 1. The molecule has 0 aromatic heterocycles. The first kappa shape index (κ1) is 24.5. The monoisotopic (exact) mass is 508 g/mol. The van der Waals surface area contributed by atoms with Gasteiger partial charge in [0.1, 0.15) is 28.9 Å². The first-order chi connectivity index (χ1) is 16.8. The maximum atomic E-state index is 12.4. The fraction of sp³-hybridized carbons (Fsp3) is 0.185. The Kier molecular flexibility index (Phi) is 7.20. The molecule has 2 N–H and O–H groups in total. The highest BCUT2D eigenvalue weighted by Gasteiger charge is 2.33. The number of fused-ring (bicyclic) bond motifs is 1. The van der Waals surface area contributed by atoms with E-state index < -0.39 is 11.9 Å². The lowest BCUT2D eigenvalue weighted by atomic mass is 9.83. The average Bonchev–Trinajstić information content (AvgIpc) is 2.82. The highest BCUT2D eigenvalue weighted by Crippen LogP contribution is 2.47. The van der Waals surface area contributed by atoms with Crippen molar-refractivity contribution < 1.29 is 19.0 Å². The van der Waals surface area contributed by atoms with Crippen molar-refractivity contribution in [1.29, 1.82) is 5.26 Å². The second-order valence-electron chi connectivity index (χ2n) is 8.25. The first-order valence-electron chi connectivity index (χ1n) is 10.9. The molecule has 0 spiro atoms. The molecule has 1 aliphatic rings. The average molecular weight is 509 g/mol. The Morgan fingerprint density at radius 2 is 1.74 bits per heavy atom. The molecule has 1 aliphatic heterocycles. The van der Waals surface area contributed by atoms with Crippen LogP contribution < -0.4 is 19.9 Å². The highest BCUT2D eigenvalue weighted by molar-refractivity contribution is 6.36. The van der Waals surface area contributed by atoms with E-state index in [9.17, 15) is 10.1 Å². The van der Waals surface area contributed by atoms with Gasteiger partial charge in [-0.2, -0.15) is 5.26 Å². The van der Waals surface area contributed by atoms with Crippen molar-refractivity contribution in [3.63, 3.8) is 0 Å². The Bertz CT molecular complexity index is 1320. The number of benzene rings is 3. The number of halogens is 2. The Balaban J connectivity index is 1.53. The Labute approximate surface area is 213 Å². The van der Waals surface area contributed by atoms with Gasteiger partial charge in [-0.05, 0) is 41.8 Å². The van der Waals surface area contributed by atoms with Crippen molar-refractivity contribution >= 4 is 29.2 Å². The topological polar surface area (TPSA) is 94.6 Å². The van der Waals surface area contributed by atoms with E-state index in [-0.39, 0.29) is 23.8 Å². The second kappa shape index (κ2) is 10.3. The number of hydrogen-bond acceptors (Lipinski definition) is 6. The molecule has 0 aliphatic carbocycles. The summed E-state index contributed by atoms with van der Waals surface area (Å²) in [6.45, 7) is 3.94. The quantitative estimate of drug-likeness (QED) is 0.309. The van der Waals surface area contributed by atoms with Gasteiger partial charge in [-0.1, -0.05) is 61.3 Å². The summed E-state index contributed by atoms with van der Waals surface area (Å²) >= 11 is 12.9. The summed E-state index contributed by atoms with van der Waals surface area (Å²) in [4.78, 5) is 12.4. The Hall–Kier alpha value is -3.66. The molecule has 8 heteroatoms. The van der Waals surface area contributed by atoms with Gasteiger partial charge in [-0.3, -0.25) is 0 Å². The number of carbonyl (C=O) groups excluding carboxylic acids is 1. The molecule has 3 aromatic carbocycles. The first-order valence-corrected chi connectivity index (χ1v) is 11.6. The summed E-state index contributed by atoms with van der Waals surface area (Å²) in [7, 11) is 0. The molecule has 0 fully saturated rings. The van der Waals surface area contributed by atoms with E-state index in [1.807, 2.05) is 24.3 Å². The van der Waals surface area contributed by atoms with Gasteiger partial charge in [0.05, 0.1) is 5.92 Å². The number of esters is 1. The molecule has 0 saturated heterocycles. The van der Waals surface area contributed by atoms with Gasteiger partial charge in [0.2, 0.25) is 5.88 Å². The highest BCUT2D eigenvalue weighted by atomic mass is 35.5. The minimum atomic E-state index is -0.633. The number of rotatable bonds is 6. The Morgan fingerprint density at radius 1 is 1.09 bits per heavy atom. The van der Waals surface area contributed by atoms with E-state index in [4.69, 9.17) is 43.1 Å². The van der Waals surface area contributed by atoms with Gasteiger partial charge in [-0.25, -0.2) is 4.79 Å². The molecule has 1 atom stereocenters. The van der Waals surface area contributed by atoms with E-state index in [0.717, 1.165) is 0 Å². The lowest BCUT2D eigenvalue weighted by Gasteiger charge is -2.27. The van der Waals surface area contributed by atoms with Crippen molar-refractivity contribution in [1.82, 2.24) is 0 Å². The van der Waals surface area contributed by atoms with Gasteiger partial charge in [0, 0.05) is 27.2 Å². The summed E-state index contributed by atoms with van der Waals surface area (Å²) < 4.78 is 16.6. The molecule has 0 radical (unpaired) electrons. The van der Waals surface area contributed by atoms with Crippen molar-refractivity contribution in [2.45, 2.75) is 25.7 Å². The molecule has 0 saturated carbocycles. The van der Waals surface area contributed by atoms with Crippen molar-refractivity contribution in [2.24, 2.45) is 5.73 Å². The van der Waals surface area contributed by atoms with Crippen LogP contribution in [0.15, 0.2) is 72.1 Å². The number of carbonyl (C=O) groups is 1. The molecule has 178 valence electrons. The summed E-state index contributed by atoms with van der Waals surface area (Å²) in [5.41, 5.74) is 8.57. The fourth-order valence-corrected chi connectivity index (χ4v) is 4.45. The van der Waals surface area contributed by atoms with Crippen LogP contribution in [0.4, 0.5) is 0 Å². The van der Waals surface area contributed by atoms with Crippen LogP contribution in [0.2, 0.25) is 10.0 Å². The molecule has 6 nitrogen and oxygen atoms in total. The maximum Gasteiger partial charge on any atom is 0.349 e. The lowest BCUT2D eigenvalue weighted by Crippen LogP contribution is -2.22. The smallest absolute Gasteiger partial charge is 0.349 e. The zero-order chi connectivity index (χ0) is 25.1. The third-order valence-corrected chi connectivity index (χ3v) is 6.27. The zero-order valence-corrected chi connectivity index (χ0v) is 20.6. The summed E-state index contributed by atoms with van der Waals surface area (Å²) in [6, 6.07) is 19.6. The standard InChI is InChI=1S/C27H22Cl2N2O4/c1-15(2)16-6-8-17(9-7-16)33-14-24(32)34-18-10-11-19-23(12-18)35-27(31)20(13-30)25(19)26-21(28)4-3-5-22(26)29/h3-12,15,25H,14,31H2,1-2H3. The van der Waals surface area contributed by atoms with Crippen LogP contribution in [-0.2, 0) is 4.79 Å². The van der Waals surface area contributed by atoms with E-state index >= 15 is 0 Å². The predicted molar refractivity (Wildman–Crippen MR) is 134 cm³/mol. The number of nitrogens with zero attached hydrogens (tertiary/aromatic N) is 1. The molecule has 0 amide bonds. The molecule has 1 unspecified atom stereocenters. The fourth-order valence-electron chi connectivity index (χ4n) is 3.83. The van der Waals surface area contributed by atoms with Crippen molar-refractivity contribution in [2.75, 3.05) is 6.61 Å². The van der Waals surface area contributed by atoms with Crippen LogP contribution in [0.5, 0.6) is 17.2 Å². The molecule has 35 heavy (non-hydrogen) atoms. The third-order valence-electron chi connectivity index (χ3n) is 5.61. The molecule has 4 rings (SSSR count). The lowest BCUT2D eigenvalue weighted by molar-refractivity contribution is -0.136. The number of nitrogens with two attached hydrogens (primary N) is 1. The van der Waals surface area contributed by atoms with Gasteiger partial charge in [-0.15, -0.1) is 0 Å². The van der Waals surface area contributed by atoms with Crippen molar-refractivity contribution in [3.05, 3.63) is 98.9 Å². The normalized spacial score (nSPS) is 14.7. The number of hydrogen-bond donors (Lipinski definition) is 1. The van der Waals surface area contributed by atoms with Gasteiger partial charge < -0.3 is 19.9 Å². The summed E-state index contributed by atoms with van der Waals surface area (Å²) in [5.74, 6) is 0.260. The molecular formula is C27H22Cl2N2O4. The zero-order valence-electron chi connectivity index (χ0n) is 19.0. The minimum Gasteiger partial charge on any atom is -0.482 e. The molecule has 3 aromatic rings. The SMILES string of the molecule is CC(C)c1ccc(OCC(=O)Oc2ccc3c(c2)OC(N)=C(C#N)C3c2c(Cl)cccc2Cl)cc1. The summed E-state index contributed by atoms with van der Waals surface area (Å²) in [5, 5.41) is 10.5. The van der Waals surface area contributed by atoms with Gasteiger partial charge >= 0.3 is 5.97 Å². The van der Waals surface area contributed by atoms with Gasteiger partial charge in [0.25, 0.3) is 0 Å².